The van der Waals surface area contributed by atoms with Gasteiger partial charge in [-0.2, -0.15) is 0 Å². The molecule has 2 fully saturated rings. The Morgan fingerprint density at radius 1 is 1.16 bits per heavy atom. The molecule has 7 heteroatoms. The predicted octanol–water partition coefficient (Wildman–Crippen LogP) is 2.42. The summed E-state index contributed by atoms with van der Waals surface area (Å²) in [5, 5.41) is 3.54. The Morgan fingerprint density at radius 2 is 2.00 bits per heavy atom. The molecule has 3 N–H and O–H groups in total. The van der Waals surface area contributed by atoms with Crippen molar-refractivity contribution in [3.05, 3.63) is 59.8 Å². The van der Waals surface area contributed by atoms with Crippen molar-refractivity contribution in [1.82, 2.24) is 15.2 Å². The second-order valence-corrected chi connectivity index (χ2v) is 8.86. The summed E-state index contributed by atoms with van der Waals surface area (Å²) in [5.41, 5.74) is 8.08. The summed E-state index contributed by atoms with van der Waals surface area (Å²) < 4.78 is 0. The van der Waals surface area contributed by atoms with Crippen molar-refractivity contribution < 1.29 is 4.79 Å². The van der Waals surface area contributed by atoms with Crippen LogP contribution in [0.4, 0.5) is 5.82 Å². The number of nitrogens with zero attached hydrogens (tertiary/aromatic N) is 4. The van der Waals surface area contributed by atoms with Gasteiger partial charge in [0.25, 0.3) is 0 Å². The van der Waals surface area contributed by atoms with E-state index in [9.17, 15) is 4.79 Å². The summed E-state index contributed by atoms with van der Waals surface area (Å²) in [6.45, 7) is 4.22. The van der Waals surface area contributed by atoms with Crippen molar-refractivity contribution in [2.45, 2.75) is 32.2 Å². The maximum absolute atomic E-state index is 11.7. The first-order valence-electron chi connectivity index (χ1n) is 11.6. The minimum atomic E-state index is -0.218. The van der Waals surface area contributed by atoms with Crippen LogP contribution in [0.2, 0.25) is 0 Å². The van der Waals surface area contributed by atoms with Crippen molar-refractivity contribution in [2.75, 3.05) is 38.1 Å². The van der Waals surface area contributed by atoms with E-state index >= 15 is 0 Å². The lowest BCUT2D eigenvalue weighted by Gasteiger charge is -2.33. The molecule has 2 aliphatic heterocycles. The number of pyridine rings is 1. The number of anilines is 1. The van der Waals surface area contributed by atoms with Gasteiger partial charge in [0, 0.05) is 51.5 Å². The number of hydrogen-bond donors (Lipinski definition) is 2. The van der Waals surface area contributed by atoms with Crippen LogP contribution in [-0.4, -0.2) is 55.0 Å². The Hall–Kier alpha value is -3.09. The third-order valence-electron chi connectivity index (χ3n) is 6.59. The first-order chi connectivity index (χ1) is 15.6. The highest BCUT2D eigenvalue weighted by Crippen LogP contribution is 2.25. The lowest BCUT2D eigenvalue weighted by molar-refractivity contribution is -0.122. The molecule has 2 aliphatic rings. The average molecular weight is 435 g/mol. The van der Waals surface area contributed by atoms with Gasteiger partial charge in [-0.15, -0.1) is 0 Å². The molecule has 1 aromatic heterocycles. The van der Waals surface area contributed by atoms with Crippen molar-refractivity contribution in [1.29, 1.82) is 0 Å². The minimum absolute atomic E-state index is 0.106. The number of carbonyl (C=O) groups is 1. The number of likely N-dealkylation sites (tertiary alicyclic amines) is 1. The maximum Gasteiger partial charge on any atom is 0.222 e. The molecular weight excluding hydrogens is 400 g/mol. The van der Waals surface area contributed by atoms with E-state index in [1.54, 1.807) is 0 Å². The van der Waals surface area contributed by atoms with Gasteiger partial charge in [-0.05, 0) is 43.2 Å². The second kappa shape index (κ2) is 10.5. The number of carbonyl (C=O) groups excluding carboxylic acids is 1. The van der Waals surface area contributed by atoms with Crippen molar-refractivity contribution >= 4 is 17.7 Å². The third-order valence-corrected chi connectivity index (χ3v) is 6.59. The van der Waals surface area contributed by atoms with E-state index in [0.29, 0.717) is 19.0 Å². The van der Waals surface area contributed by atoms with Crippen molar-refractivity contribution in [3.63, 3.8) is 0 Å². The zero-order valence-electron chi connectivity index (χ0n) is 18.9. The van der Waals surface area contributed by atoms with Gasteiger partial charge in [0.2, 0.25) is 5.91 Å². The lowest BCUT2D eigenvalue weighted by atomic mass is 9.97. The molecule has 2 saturated heterocycles. The van der Waals surface area contributed by atoms with Gasteiger partial charge in [-0.3, -0.25) is 9.79 Å². The summed E-state index contributed by atoms with van der Waals surface area (Å²) in [6, 6.07) is 14.8. The van der Waals surface area contributed by atoms with Crippen LogP contribution in [0.25, 0.3) is 0 Å². The normalized spacial score (nSPS) is 21.6. The SMILES string of the molecule is CN=C(NCc1cccnc1N1CCCC(C(N)=O)C1)N1CCC(Cc2ccccc2)C1. The Bertz CT molecular complexity index is 931. The summed E-state index contributed by atoms with van der Waals surface area (Å²) in [5.74, 6) is 2.19. The molecule has 2 unspecified atom stereocenters. The molecule has 0 spiro atoms. The van der Waals surface area contributed by atoms with Gasteiger partial charge in [-0.1, -0.05) is 36.4 Å². The van der Waals surface area contributed by atoms with E-state index in [0.717, 1.165) is 56.2 Å². The Labute approximate surface area is 190 Å². The smallest absolute Gasteiger partial charge is 0.222 e. The molecule has 4 rings (SSSR count). The van der Waals surface area contributed by atoms with E-state index in [-0.39, 0.29) is 11.8 Å². The summed E-state index contributed by atoms with van der Waals surface area (Å²) in [7, 11) is 1.85. The summed E-state index contributed by atoms with van der Waals surface area (Å²) >= 11 is 0. The number of aliphatic imine (C=N–C) groups is 1. The Balaban J connectivity index is 1.36. The molecule has 7 nitrogen and oxygen atoms in total. The molecule has 170 valence electrons. The van der Waals surface area contributed by atoms with E-state index in [2.05, 4.69) is 61.5 Å². The summed E-state index contributed by atoms with van der Waals surface area (Å²) in [6.07, 6.45) is 5.91. The topological polar surface area (TPSA) is 86.9 Å². The van der Waals surface area contributed by atoms with Crippen LogP contribution in [-0.2, 0) is 17.8 Å². The molecule has 1 amide bonds. The van der Waals surface area contributed by atoms with Gasteiger partial charge in [0.15, 0.2) is 5.96 Å². The number of rotatable bonds is 6. The number of hydrogen-bond acceptors (Lipinski definition) is 4. The summed E-state index contributed by atoms with van der Waals surface area (Å²) in [4.78, 5) is 25.4. The Kier molecular flexibility index (Phi) is 7.24. The van der Waals surface area contributed by atoms with Crippen LogP contribution in [0.1, 0.15) is 30.4 Å². The van der Waals surface area contributed by atoms with E-state index in [1.807, 2.05) is 19.3 Å². The number of piperidine rings is 1. The monoisotopic (exact) mass is 434 g/mol. The number of nitrogens with two attached hydrogens (primary N) is 1. The number of amides is 1. The molecule has 2 atom stereocenters. The average Bonchev–Trinajstić information content (AvgIpc) is 3.28. The van der Waals surface area contributed by atoms with Crippen LogP contribution in [0.3, 0.4) is 0 Å². The largest absolute Gasteiger partial charge is 0.369 e. The first kappa shape index (κ1) is 22.1. The van der Waals surface area contributed by atoms with Gasteiger partial charge in [0.05, 0.1) is 5.92 Å². The molecule has 0 saturated carbocycles. The van der Waals surface area contributed by atoms with Crippen LogP contribution < -0.4 is 16.0 Å². The zero-order chi connectivity index (χ0) is 22.3. The fourth-order valence-electron chi connectivity index (χ4n) is 4.90. The maximum atomic E-state index is 11.7. The number of primary amides is 1. The van der Waals surface area contributed by atoms with Crippen molar-refractivity contribution in [3.8, 4) is 0 Å². The predicted molar refractivity (Wildman–Crippen MR) is 128 cm³/mol. The number of nitrogens with one attached hydrogen (secondary N) is 1. The fourth-order valence-corrected chi connectivity index (χ4v) is 4.90. The zero-order valence-corrected chi connectivity index (χ0v) is 18.9. The molecule has 1 aromatic carbocycles. The van der Waals surface area contributed by atoms with Crippen LogP contribution in [0.5, 0.6) is 0 Å². The number of aromatic nitrogens is 1. The molecule has 32 heavy (non-hydrogen) atoms. The molecule has 0 radical (unpaired) electrons. The van der Waals surface area contributed by atoms with Crippen LogP contribution in [0, 0.1) is 11.8 Å². The standard InChI is InChI=1S/C25H34N6O/c1-27-25(31-14-11-20(17-31)15-19-7-3-2-4-8-19)29-16-21-9-5-12-28-24(21)30-13-6-10-22(18-30)23(26)32/h2-5,7-9,12,20,22H,6,10-11,13-18H2,1H3,(H2,26,32)(H,27,29). The highest BCUT2D eigenvalue weighted by Gasteiger charge is 2.27. The highest BCUT2D eigenvalue weighted by molar-refractivity contribution is 5.80. The second-order valence-electron chi connectivity index (χ2n) is 8.86. The number of guanidine groups is 1. The van der Waals surface area contributed by atoms with Crippen LogP contribution in [0.15, 0.2) is 53.7 Å². The van der Waals surface area contributed by atoms with Crippen LogP contribution >= 0.6 is 0 Å². The molecule has 0 aliphatic carbocycles. The van der Waals surface area contributed by atoms with Crippen molar-refractivity contribution in [2.24, 2.45) is 22.6 Å². The molecule has 0 bridgehead atoms. The lowest BCUT2D eigenvalue weighted by Crippen LogP contribution is -2.43. The number of benzene rings is 1. The minimum Gasteiger partial charge on any atom is -0.369 e. The first-order valence-corrected chi connectivity index (χ1v) is 11.6. The van der Waals surface area contributed by atoms with E-state index < -0.39 is 0 Å². The van der Waals surface area contributed by atoms with Gasteiger partial charge in [-0.25, -0.2) is 4.98 Å². The van der Waals surface area contributed by atoms with Gasteiger partial charge >= 0.3 is 0 Å². The molecule has 2 aromatic rings. The molecule has 3 heterocycles. The fraction of sp³-hybridized carbons (Fsp3) is 0.480. The van der Waals surface area contributed by atoms with E-state index in [1.165, 1.54) is 12.0 Å². The Morgan fingerprint density at radius 3 is 2.78 bits per heavy atom. The third kappa shape index (κ3) is 5.39. The van der Waals surface area contributed by atoms with E-state index in [4.69, 9.17) is 5.73 Å². The quantitative estimate of drug-likeness (QED) is 0.539. The highest BCUT2D eigenvalue weighted by atomic mass is 16.1. The van der Waals surface area contributed by atoms with Gasteiger partial charge in [0.1, 0.15) is 5.82 Å². The molecular formula is C25H34N6O. The van der Waals surface area contributed by atoms with Gasteiger partial charge < -0.3 is 20.9 Å².